The Morgan fingerprint density at radius 2 is 2.03 bits per heavy atom. The van der Waals surface area contributed by atoms with Crippen LogP contribution < -0.4 is 10.1 Å². The summed E-state index contributed by atoms with van der Waals surface area (Å²) in [7, 11) is 1.60. The highest BCUT2D eigenvalue weighted by Gasteiger charge is 2.18. The Bertz CT molecular complexity index is 1210. The summed E-state index contributed by atoms with van der Waals surface area (Å²) >= 11 is 7.07. The number of halogens is 2. The molecule has 32 heavy (non-hydrogen) atoms. The van der Waals surface area contributed by atoms with Gasteiger partial charge in [0, 0.05) is 10.6 Å². The summed E-state index contributed by atoms with van der Waals surface area (Å²) in [6.07, 6.45) is 1.59. The first kappa shape index (κ1) is 21.9. The number of nitrogens with one attached hydrogen (secondary N) is 1. The fourth-order valence-corrected chi connectivity index (χ4v) is 3.87. The van der Waals surface area contributed by atoms with Crippen molar-refractivity contribution in [2.75, 3.05) is 18.2 Å². The van der Waals surface area contributed by atoms with Gasteiger partial charge in [-0.1, -0.05) is 23.4 Å². The predicted molar refractivity (Wildman–Crippen MR) is 121 cm³/mol. The van der Waals surface area contributed by atoms with Gasteiger partial charge in [-0.05, 0) is 54.6 Å². The highest BCUT2D eigenvalue weighted by Crippen LogP contribution is 2.27. The summed E-state index contributed by atoms with van der Waals surface area (Å²) in [6.45, 7) is 0.383. The minimum Gasteiger partial charge on any atom is -0.497 e. The van der Waals surface area contributed by atoms with Crippen molar-refractivity contribution in [2.45, 2.75) is 11.7 Å². The molecule has 2 aromatic carbocycles. The molecule has 4 aromatic rings. The minimum absolute atomic E-state index is 0.00482. The third kappa shape index (κ3) is 5.12. The largest absolute Gasteiger partial charge is 0.497 e. The fourth-order valence-electron chi connectivity index (χ4n) is 2.96. The highest BCUT2D eigenvalue weighted by molar-refractivity contribution is 7.99. The molecule has 0 aliphatic heterocycles. The molecule has 164 valence electrons. The van der Waals surface area contributed by atoms with Crippen LogP contribution in [0.5, 0.6) is 5.75 Å². The first-order chi connectivity index (χ1) is 15.5. The monoisotopic (exact) mass is 472 g/mol. The smallest absolute Gasteiger partial charge is 0.234 e. The van der Waals surface area contributed by atoms with E-state index in [4.69, 9.17) is 20.8 Å². The zero-order valence-electron chi connectivity index (χ0n) is 16.9. The highest BCUT2D eigenvalue weighted by atomic mass is 35.5. The molecule has 7 nitrogen and oxygen atoms in total. The Morgan fingerprint density at radius 1 is 1.22 bits per heavy atom. The number of hydrogen-bond donors (Lipinski definition) is 1. The summed E-state index contributed by atoms with van der Waals surface area (Å²) in [5.74, 6) is 1.11. The van der Waals surface area contributed by atoms with E-state index in [9.17, 15) is 9.18 Å². The van der Waals surface area contributed by atoms with E-state index in [1.54, 1.807) is 19.4 Å². The summed E-state index contributed by atoms with van der Waals surface area (Å²) < 4.78 is 26.4. The molecule has 4 rings (SSSR count). The third-order valence-corrected chi connectivity index (χ3v) is 5.70. The number of methoxy groups -OCH3 is 1. The Labute approximate surface area is 192 Å². The van der Waals surface area contributed by atoms with Crippen molar-refractivity contribution in [1.29, 1.82) is 0 Å². The zero-order chi connectivity index (χ0) is 22.5. The Kier molecular flexibility index (Phi) is 6.77. The van der Waals surface area contributed by atoms with Crippen LogP contribution in [0.25, 0.3) is 11.4 Å². The van der Waals surface area contributed by atoms with E-state index < -0.39 is 11.7 Å². The first-order valence-electron chi connectivity index (χ1n) is 9.51. The van der Waals surface area contributed by atoms with Gasteiger partial charge in [0.1, 0.15) is 17.3 Å². The van der Waals surface area contributed by atoms with Gasteiger partial charge in [0.25, 0.3) is 0 Å². The fraction of sp³-hybridized carbons (Fsp3) is 0.136. The maximum Gasteiger partial charge on any atom is 0.234 e. The number of nitrogens with zero attached hydrogens (tertiary/aromatic N) is 3. The normalized spacial score (nSPS) is 10.8. The Balaban J connectivity index is 1.54. The molecule has 0 aliphatic carbocycles. The van der Waals surface area contributed by atoms with Gasteiger partial charge in [-0.2, -0.15) is 0 Å². The number of amides is 1. The van der Waals surface area contributed by atoms with E-state index in [-0.39, 0.29) is 11.4 Å². The molecule has 0 aliphatic rings. The van der Waals surface area contributed by atoms with Crippen molar-refractivity contribution in [3.8, 4) is 17.1 Å². The second kappa shape index (κ2) is 9.88. The topological polar surface area (TPSA) is 82.2 Å². The summed E-state index contributed by atoms with van der Waals surface area (Å²) in [6, 6.07) is 15.1. The second-order valence-corrected chi connectivity index (χ2v) is 8.04. The van der Waals surface area contributed by atoms with Gasteiger partial charge in [0.2, 0.25) is 5.91 Å². The number of thioether (sulfide) groups is 1. The van der Waals surface area contributed by atoms with Crippen LogP contribution in [-0.4, -0.2) is 33.5 Å². The van der Waals surface area contributed by atoms with Crippen LogP contribution in [0.2, 0.25) is 5.02 Å². The summed E-state index contributed by atoms with van der Waals surface area (Å²) in [4.78, 5) is 12.4. The number of carbonyl (C=O) groups excluding carboxylic acids is 1. The van der Waals surface area contributed by atoms with Gasteiger partial charge in [0.05, 0.1) is 31.4 Å². The van der Waals surface area contributed by atoms with E-state index in [1.807, 2.05) is 34.9 Å². The molecule has 0 unspecified atom stereocenters. The predicted octanol–water partition coefficient (Wildman–Crippen LogP) is 5.12. The van der Waals surface area contributed by atoms with Crippen LogP contribution in [0.3, 0.4) is 0 Å². The number of ether oxygens (including phenoxy) is 1. The minimum atomic E-state index is -0.560. The average Bonchev–Trinajstić information content (AvgIpc) is 3.45. The molecule has 0 bridgehead atoms. The quantitative estimate of drug-likeness (QED) is 0.358. The van der Waals surface area contributed by atoms with Gasteiger partial charge in [-0.25, -0.2) is 4.39 Å². The van der Waals surface area contributed by atoms with Crippen molar-refractivity contribution < 1.29 is 18.3 Å². The Morgan fingerprint density at radius 3 is 2.75 bits per heavy atom. The average molecular weight is 473 g/mol. The van der Waals surface area contributed by atoms with Crippen LogP contribution in [0, 0.1) is 5.82 Å². The van der Waals surface area contributed by atoms with Crippen molar-refractivity contribution >= 4 is 35.0 Å². The van der Waals surface area contributed by atoms with E-state index in [2.05, 4.69) is 15.5 Å². The molecule has 0 saturated heterocycles. The molecule has 0 spiro atoms. The van der Waals surface area contributed by atoms with Gasteiger partial charge in [-0.15, -0.1) is 10.2 Å². The lowest BCUT2D eigenvalue weighted by Crippen LogP contribution is -2.15. The molecule has 0 radical (unpaired) electrons. The molecular weight excluding hydrogens is 455 g/mol. The molecule has 1 N–H and O–H groups in total. The second-order valence-electron chi connectivity index (χ2n) is 6.66. The standard InChI is InChI=1S/C22H18ClFN4O3S/c1-30-16-7-4-14(5-8-16)21-26-27-22(28(21)12-17-3-2-10-31-17)32-13-20(29)25-19-11-15(23)6-9-18(19)24/h2-11H,12-13H2,1H3,(H,25,29). The lowest BCUT2D eigenvalue weighted by atomic mass is 10.2. The molecule has 10 heteroatoms. The lowest BCUT2D eigenvalue weighted by molar-refractivity contribution is -0.113. The number of aromatic nitrogens is 3. The van der Waals surface area contributed by atoms with Gasteiger partial charge >= 0.3 is 0 Å². The number of benzene rings is 2. The van der Waals surface area contributed by atoms with Crippen LogP contribution in [0.4, 0.5) is 10.1 Å². The van der Waals surface area contributed by atoms with Crippen molar-refractivity contribution in [2.24, 2.45) is 0 Å². The van der Waals surface area contributed by atoms with Gasteiger partial charge in [0.15, 0.2) is 11.0 Å². The maximum absolute atomic E-state index is 13.9. The van der Waals surface area contributed by atoms with Crippen LogP contribution in [0.15, 0.2) is 70.4 Å². The van der Waals surface area contributed by atoms with Crippen LogP contribution in [0.1, 0.15) is 5.76 Å². The lowest BCUT2D eigenvalue weighted by Gasteiger charge is -2.10. The molecule has 2 aromatic heterocycles. The Hall–Kier alpha value is -3.30. The molecular formula is C22H18ClFN4O3S. The summed E-state index contributed by atoms with van der Waals surface area (Å²) in [5, 5.41) is 11.9. The van der Waals surface area contributed by atoms with E-state index in [0.29, 0.717) is 28.3 Å². The molecule has 0 saturated carbocycles. The van der Waals surface area contributed by atoms with Crippen LogP contribution in [-0.2, 0) is 11.3 Å². The van der Waals surface area contributed by atoms with E-state index in [1.165, 1.54) is 30.0 Å². The summed E-state index contributed by atoms with van der Waals surface area (Å²) in [5.41, 5.74) is 0.862. The number of furan rings is 1. The van der Waals surface area contributed by atoms with Crippen molar-refractivity contribution in [1.82, 2.24) is 14.8 Å². The first-order valence-corrected chi connectivity index (χ1v) is 10.9. The van der Waals surface area contributed by atoms with Gasteiger partial charge in [-0.3, -0.25) is 9.36 Å². The van der Waals surface area contributed by atoms with Crippen molar-refractivity contribution in [3.63, 3.8) is 0 Å². The molecule has 2 heterocycles. The third-order valence-electron chi connectivity index (χ3n) is 4.49. The van der Waals surface area contributed by atoms with Gasteiger partial charge < -0.3 is 14.5 Å². The van der Waals surface area contributed by atoms with E-state index >= 15 is 0 Å². The number of hydrogen-bond acceptors (Lipinski definition) is 6. The molecule has 1 amide bonds. The van der Waals surface area contributed by atoms with Crippen molar-refractivity contribution in [3.05, 3.63) is 77.5 Å². The zero-order valence-corrected chi connectivity index (χ0v) is 18.5. The van der Waals surface area contributed by atoms with E-state index in [0.717, 1.165) is 11.3 Å². The number of anilines is 1. The number of carbonyl (C=O) groups is 1. The van der Waals surface area contributed by atoms with Crippen LogP contribution >= 0.6 is 23.4 Å². The molecule has 0 fully saturated rings. The molecule has 0 atom stereocenters. The SMILES string of the molecule is COc1ccc(-c2nnc(SCC(=O)Nc3cc(Cl)ccc3F)n2Cc2ccco2)cc1. The number of rotatable bonds is 8. The maximum atomic E-state index is 13.9.